The van der Waals surface area contributed by atoms with Gasteiger partial charge in [0.1, 0.15) is 5.75 Å². The van der Waals surface area contributed by atoms with Crippen molar-refractivity contribution in [3.8, 4) is 5.75 Å². The third-order valence-corrected chi connectivity index (χ3v) is 4.32. The second kappa shape index (κ2) is 5.42. The van der Waals surface area contributed by atoms with Crippen molar-refractivity contribution < 1.29 is 13.2 Å². The predicted molar refractivity (Wildman–Crippen MR) is 79.4 cm³/mol. The van der Waals surface area contributed by atoms with Gasteiger partial charge >= 0.3 is 0 Å². The lowest BCUT2D eigenvalue weighted by atomic mass is 10.2. The normalized spacial score (nSPS) is 11.1. The Bertz CT molecular complexity index is 710. The molecule has 0 atom stereocenters. The first-order valence-corrected chi connectivity index (χ1v) is 7.44. The first kappa shape index (κ1) is 14.2. The van der Waals surface area contributed by atoms with E-state index in [2.05, 4.69) is 4.72 Å². The summed E-state index contributed by atoms with van der Waals surface area (Å²) in [6.07, 6.45) is 0. The summed E-state index contributed by atoms with van der Waals surface area (Å²) in [5, 5.41) is 0. The van der Waals surface area contributed by atoms with E-state index in [4.69, 9.17) is 10.5 Å². The predicted octanol–water partition coefficient (Wildman–Crippen LogP) is 2.39. The molecule has 0 aliphatic rings. The fraction of sp³-hybridized carbons (Fsp3) is 0.143. The molecule has 0 saturated heterocycles. The molecule has 0 fully saturated rings. The monoisotopic (exact) mass is 292 g/mol. The third-order valence-electron chi connectivity index (χ3n) is 2.94. The van der Waals surface area contributed by atoms with Crippen LogP contribution in [-0.2, 0) is 10.0 Å². The molecule has 2 aromatic rings. The van der Waals surface area contributed by atoms with Crippen LogP contribution in [0.25, 0.3) is 0 Å². The average molecular weight is 292 g/mol. The molecule has 20 heavy (non-hydrogen) atoms. The van der Waals surface area contributed by atoms with Crippen molar-refractivity contribution in [2.75, 3.05) is 17.6 Å². The van der Waals surface area contributed by atoms with Crippen LogP contribution < -0.4 is 15.2 Å². The van der Waals surface area contributed by atoms with Gasteiger partial charge in [-0.3, -0.25) is 4.72 Å². The molecule has 2 rings (SSSR count). The van der Waals surface area contributed by atoms with E-state index >= 15 is 0 Å². The highest BCUT2D eigenvalue weighted by molar-refractivity contribution is 7.92. The van der Waals surface area contributed by atoms with Crippen molar-refractivity contribution in [2.24, 2.45) is 0 Å². The lowest BCUT2D eigenvalue weighted by Crippen LogP contribution is -2.14. The van der Waals surface area contributed by atoms with Crippen molar-refractivity contribution in [3.05, 3.63) is 48.0 Å². The number of rotatable bonds is 4. The Labute approximate surface area is 118 Å². The smallest absolute Gasteiger partial charge is 0.261 e. The van der Waals surface area contributed by atoms with Crippen LogP contribution in [0.3, 0.4) is 0 Å². The quantitative estimate of drug-likeness (QED) is 0.848. The van der Waals surface area contributed by atoms with Crippen LogP contribution >= 0.6 is 0 Å². The number of nitrogens with one attached hydrogen (secondary N) is 1. The Kier molecular flexibility index (Phi) is 3.85. The summed E-state index contributed by atoms with van der Waals surface area (Å²) in [5.41, 5.74) is 7.48. The SMILES string of the molecule is COc1ccc(S(=O)(=O)Nc2cccc(C)c2N)cc1. The summed E-state index contributed by atoms with van der Waals surface area (Å²) >= 11 is 0. The van der Waals surface area contributed by atoms with Gasteiger partial charge in [-0.15, -0.1) is 0 Å². The maximum atomic E-state index is 12.3. The van der Waals surface area contributed by atoms with E-state index in [0.717, 1.165) is 5.56 Å². The van der Waals surface area contributed by atoms with Crippen molar-refractivity contribution >= 4 is 21.4 Å². The van der Waals surface area contributed by atoms with Gasteiger partial charge in [-0.05, 0) is 42.8 Å². The van der Waals surface area contributed by atoms with Crippen molar-refractivity contribution in [1.29, 1.82) is 0 Å². The lowest BCUT2D eigenvalue weighted by molar-refractivity contribution is 0.414. The molecule has 5 nitrogen and oxygen atoms in total. The molecule has 106 valence electrons. The Morgan fingerprint density at radius 2 is 1.75 bits per heavy atom. The maximum absolute atomic E-state index is 12.3. The highest BCUT2D eigenvalue weighted by Gasteiger charge is 2.15. The summed E-state index contributed by atoms with van der Waals surface area (Å²) < 4.78 is 32.0. The van der Waals surface area contributed by atoms with Gasteiger partial charge in [0.15, 0.2) is 0 Å². The van der Waals surface area contributed by atoms with Crippen LogP contribution in [0.2, 0.25) is 0 Å². The molecule has 0 bridgehead atoms. The van der Waals surface area contributed by atoms with Gasteiger partial charge in [-0.25, -0.2) is 8.42 Å². The van der Waals surface area contributed by atoms with E-state index in [1.54, 1.807) is 24.3 Å². The molecule has 0 saturated carbocycles. The number of hydrogen-bond donors (Lipinski definition) is 2. The van der Waals surface area contributed by atoms with E-state index in [1.807, 2.05) is 13.0 Å². The number of methoxy groups -OCH3 is 1. The summed E-state index contributed by atoms with van der Waals surface area (Å²) in [7, 11) is -2.14. The second-order valence-electron chi connectivity index (χ2n) is 4.32. The molecule has 3 N–H and O–H groups in total. The van der Waals surface area contributed by atoms with Gasteiger partial charge in [0.25, 0.3) is 10.0 Å². The lowest BCUT2D eigenvalue weighted by Gasteiger charge is -2.12. The topological polar surface area (TPSA) is 81.4 Å². The number of nitrogen functional groups attached to an aromatic ring is 1. The van der Waals surface area contributed by atoms with E-state index in [0.29, 0.717) is 17.1 Å². The number of sulfonamides is 1. The van der Waals surface area contributed by atoms with Crippen LogP contribution in [0.15, 0.2) is 47.4 Å². The standard InChI is InChI=1S/C14H16N2O3S/c1-10-4-3-5-13(14(10)15)16-20(17,18)12-8-6-11(19-2)7-9-12/h3-9,16H,15H2,1-2H3. The van der Waals surface area contributed by atoms with Gasteiger partial charge in [0.2, 0.25) is 0 Å². The molecular weight excluding hydrogens is 276 g/mol. The number of para-hydroxylation sites is 1. The van der Waals surface area contributed by atoms with E-state index in [1.165, 1.54) is 19.2 Å². The molecule has 0 spiro atoms. The summed E-state index contributed by atoms with van der Waals surface area (Å²) in [4.78, 5) is 0.152. The molecular formula is C14H16N2O3S. The highest BCUT2D eigenvalue weighted by Crippen LogP contribution is 2.25. The van der Waals surface area contributed by atoms with E-state index in [9.17, 15) is 8.42 Å². The van der Waals surface area contributed by atoms with Gasteiger partial charge in [0, 0.05) is 0 Å². The molecule has 2 aromatic carbocycles. The number of hydrogen-bond acceptors (Lipinski definition) is 4. The molecule has 0 aliphatic carbocycles. The van der Waals surface area contributed by atoms with Crippen LogP contribution in [0.5, 0.6) is 5.75 Å². The molecule has 6 heteroatoms. The second-order valence-corrected chi connectivity index (χ2v) is 6.00. The Balaban J connectivity index is 2.33. The van der Waals surface area contributed by atoms with Crippen LogP contribution in [0, 0.1) is 6.92 Å². The van der Waals surface area contributed by atoms with Crippen molar-refractivity contribution in [3.63, 3.8) is 0 Å². The number of ether oxygens (including phenoxy) is 1. The zero-order valence-corrected chi connectivity index (χ0v) is 12.1. The molecule has 0 heterocycles. The molecule has 0 unspecified atom stereocenters. The van der Waals surface area contributed by atoms with E-state index < -0.39 is 10.0 Å². The minimum Gasteiger partial charge on any atom is -0.497 e. The number of aryl methyl sites for hydroxylation is 1. The van der Waals surface area contributed by atoms with Gasteiger partial charge in [-0.1, -0.05) is 12.1 Å². The number of nitrogens with two attached hydrogens (primary N) is 1. The Morgan fingerprint density at radius 1 is 1.10 bits per heavy atom. The third kappa shape index (κ3) is 2.85. The van der Waals surface area contributed by atoms with Crippen LogP contribution in [-0.4, -0.2) is 15.5 Å². The summed E-state index contributed by atoms with van der Waals surface area (Å²) in [6, 6.07) is 11.3. The molecule has 0 radical (unpaired) electrons. The first-order valence-electron chi connectivity index (χ1n) is 5.96. The minimum absolute atomic E-state index is 0.152. The van der Waals surface area contributed by atoms with Crippen molar-refractivity contribution in [2.45, 2.75) is 11.8 Å². The summed E-state index contributed by atoms with van der Waals surface area (Å²) in [5.74, 6) is 0.596. The Morgan fingerprint density at radius 3 is 2.35 bits per heavy atom. The van der Waals surface area contributed by atoms with Crippen LogP contribution in [0.1, 0.15) is 5.56 Å². The fourth-order valence-corrected chi connectivity index (χ4v) is 2.81. The van der Waals surface area contributed by atoms with Gasteiger partial charge in [-0.2, -0.15) is 0 Å². The zero-order chi connectivity index (χ0) is 14.8. The first-order chi connectivity index (χ1) is 9.44. The molecule has 0 amide bonds. The Hall–Kier alpha value is -2.21. The number of benzene rings is 2. The zero-order valence-electron chi connectivity index (χ0n) is 11.3. The highest BCUT2D eigenvalue weighted by atomic mass is 32.2. The van der Waals surface area contributed by atoms with Crippen LogP contribution in [0.4, 0.5) is 11.4 Å². The number of anilines is 2. The average Bonchev–Trinajstić information content (AvgIpc) is 2.44. The molecule has 0 aliphatic heterocycles. The van der Waals surface area contributed by atoms with Gasteiger partial charge in [0.05, 0.1) is 23.4 Å². The fourth-order valence-electron chi connectivity index (χ4n) is 1.73. The van der Waals surface area contributed by atoms with Crippen molar-refractivity contribution in [1.82, 2.24) is 0 Å². The minimum atomic E-state index is -3.66. The molecule has 0 aromatic heterocycles. The van der Waals surface area contributed by atoms with E-state index in [-0.39, 0.29) is 4.90 Å². The largest absolute Gasteiger partial charge is 0.497 e. The van der Waals surface area contributed by atoms with Gasteiger partial charge < -0.3 is 10.5 Å². The summed E-state index contributed by atoms with van der Waals surface area (Å²) in [6.45, 7) is 1.82. The maximum Gasteiger partial charge on any atom is 0.261 e.